The summed E-state index contributed by atoms with van der Waals surface area (Å²) in [5, 5.41) is 3.29. The summed E-state index contributed by atoms with van der Waals surface area (Å²) < 4.78 is 5.14. The van der Waals surface area contributed by atoms with Crippen molar-refractivity contribution in [3.05, 3.63) is 41.7 Å². The number of benzene rings is 1. The minimum atomic E-state index is 0.0995. The van der Waals surface area contributed by atoms with E-state index in [0.29, 0.717) is 23.2 Å². The van der Waals surface area contributed by atoms with Crippen molar-refractivity contribution in [1.82, 2.24) is 9.97 Å². The van der Waals surface area contributed by atoms with Gasteiger partial charge in [-0.3, -0.25) is 0 Å². The average molecular weight is 258 g/mol. The number of hydrogen-bond donors (Lipinski definition) is 2. The van der Waals surface area contributed by atoms with E-state index in [1.807, 2.05) is 18.2 Å². The highest BCUT2D eigenvalue weighted by Gasteiger charge is 2.13. The van der Waals surface area contributed by atoms with Crippen molar-refractivity contribution >= 4 is 11.5 Å². The molecule has 2 rings (SSSR count). The van der Waals surface area contributed by atoms with Crippen LogP contribution >= 0.6 is 0 Å². The monoisotopic (exact) mass is 258 g/mol. The molecule has 0 radical (unpaired) electrons. The van der Waals surface area contributed by atoms with Crippen LogP contribution in [0.25, 0.3) is 0 Å². The lowest BCUT2D eigenvalue weighted by Gasteiger charge is -2.17. The second kappa shape index (κ2) is 5.56. The lowest BCUT2D eigenvalue weighted by atomic mass is 10.1. The molecule has 1 unspecified atom stereocenters. The summed E-state index contributed by atoms with van der Waals surface area (Å²) in [5.74, 6) is 1.62. The summed E-state index contributed by atoms with van der Waals surface area (Å²) in [6.07, 6.45) is 0. The van der Waals surface area contributed by atoms with E-state index in [2.05, 4.69) is 34.3 Å². The van der Waals surface area contributed by atoms with Gasteiger partial charge in [0.25, 0.3) is 0 Å². The van der Waals surface area contributed by atoms with Gasteiger partial charge in [0.2, 0.25) is 5.88 Å². The topological polar surface area (TPSA) is 73.1 Å². The average Bonchev–Trinajstić information content (AvgIpc) is 2.43. The minimum Gasteiger partial charge on any atom is -0.479 e. The van der Waals surface area contributed by atoms with E-state index in [0.717, 1.165) is 5.56 Å². The molecule has 5 nitrogen and oxygen atoms in total. The molecule has 19 heavy (non-hydrogen) atoms. The molecule has 0 aliphatic carbocycles. The fourth-order valence-electron chi connectivity index (χ4n) is 1.85. The molecule has 0 spiro atoms. The third-order valence-corrected chi connectivity index (χ3v) is 2.87. The molecule has 0 aliphatic rings. The molecule has 1 aromatic carbocycles. The van der Waals surface area contributed by atoms with Crippen molar-refractivity contribution < 1.29 is 4.74 Å². The van der Waals surface area contributed by atoms with Gasteiger partial charge in [-0.2, -0.15) is 4.98 Å². The largest absolute Gasteiger partial charge is 0.479 e. The Morgan fingerprint density at radius 2 is 1.89 bits per heavy atom. The van der Waals surface area contributed by atoms with Crippen molar-refractivity contribution in [2.45, 2.75) is 19.9 Å². The zero-order valence-corrected chi connectivity index (χ0v) is 11.3. The van der Waals surface area contributed by atoms with Crippen LogP contribution in [0.3, 0.4) is 0 Å². The first-order chi connectivity index (χ1) is 9.11. The summed E-state index contributed by atoms with van der Waals surface area (Å²) in [6.45, 7) is 3.86. The summed E-state index contributed by atoms with van der Waals surface area (Å²) in [7, 11) is 1.54. The number of aryl methyl sites for hydroxylation is 1. The highest BCUT2D eigenvalue weighted by Crippen LogP contribution is 2.28. The molecular formula is C14H18N4O. The Kier molecular flexibility index (Phi) is 3.85. The molecule has 0 saturated heterocycles. The first-order valence-corrected chi connectivity index (χ1v) is 6.11. The van der Waals surface area contributed by atoms with E-state index in [-0.39, 0.29) is 6.04 Å². The highest BCUT2D eigenvalue weighted by atomic mass is 16.5. The lowest BCUT2D eigenvalue weighted by Crippen LogP contribution is -2.12. The number of rotatable bonds is 4. The Bertz CT molecular complexity index is 557. The third kappa shape index (κ3) is 2.93. The van der Waals surface area contributed by atoms with E-state index in [1.165, 1.54) is 0 Å². The highest BCUT2D eigenvalue weighted by molar-refractivity contribution is 5.67. The number of methoxy groups -OCH3 is 1. The van der Waals surface area contributed by atoms with Gasteiger partial charge in [-0.15, -0.1) is 0 Å². The molecule has 5 heteroatoms. The van der Waals surface area contributed by atoms with Crippen LogP contribution in [-0.2, 0) is 0 Å². The van der Waals surface area contributed by atoms with Gasteiger partial charge in [-0.25, -0.2) is 4.98 Å². The Balaban J connectivity index is 2.26. The van der Waals surface area contributed by atoms with E-state index >= 15 is 0 Å². The van der Waals surface area contributed by atoms with Crippen LogP contribution in [-0.4, -0.2) is 17.1 Å². The van der Waals surface area contributed by atoms with Crippen LogP contribution in [0.4, 0.5) is 11.5 Å². The number of nitrogens with zero attached hydrogens (tertiary/aromatic N) is 2. The van der Waals surface area contributed by atoms with Gasteiger partial charge < -0.3 is 15.8 Å². The number of nitrogens with two attached hydrogens (primary N) is 1. The molecule has 1 heterocycles. The Morgan fingerprint density at radius 3 is 2.53 bits per heavy atom. The Morgan fingerprint density at radius 1 is 1.21 bits per heavy atom. The lowest BCUT2D eigenvalue weighted by molar-refractivity contribution is 0.398. The Hall–Kier alpha value is -2.30. The molecule has 0 amide bonds. The van der Waals surface area contributed by atoms with Crippen LogP contribution < -0.4 is 15.8 Å². The minimum absolute atomic E-state index is 0.0995. The number of anilines is 2. The predicted molar refractivity (Wildman–Crippen MR) is 76.2 cm³/mol. The van der Waals surface area contributed by atoms with Gasteiger partial charge in [0.1, 0.15) is 11.5 Å². The molecule has 0 saturated carbocycles. The second-order valence-electron chi connectivity index (χ2n) is 4.32. The number of hydrogen-bond acceptors (Lipinski definition) is 5. The van der Waals surface area contributed by atoms with Gasteiger partial charge in [0.05, 0.1) is 13.2 Å². The molecule has 1 atom stereocenters. The second-order valence-corrected chi connectivity index (χ2v) is 4.32. The van der Waals surface area contributed by atoms with Crippen molar-refractivity contribution in [1.29, 1.82) is 0 Å². The first kappa shape index (κ1) is 13.1. The molecule has 0 bridgehead atoms. The number of nitrogen functional groups attached to an aromatic ring is 1. The maximum absolute atomic E-state index is 5.98. The van der Waals surface area contributed by atoms with Crippen LogP contribution in [0, 0.1) is 6.92 Å². The molecule has 2 aromatic rings. The summed E-state index contributed by atoms with van der Waals surface area (Å²) in [4.78, 5) is 8.45. The van der Waals surface area contributed by atoms with Gasteiger partial charge in [-0.1, -0.05) is 30.3 Å². The van der Waals surface area contributed by atoms with Crippen molar-refractivity contribution in [3.63, 3.8) is 0 Å². The smallest absolute Gasteiger partial charge is 0.242 e. The van der Waals surface area contributed by atoms with Crippen molar-refractivity contribution in [3.8, 4) is 5.88 Å². The van der Waals surface area contributed by atoms with Gasteiger partial charge >= 0.3 is 0 Å². The standard InChI is InChI=1S/C14H18N4O/c1-9(11-7-5-4-6-8-11)16-13-12(15)14(19-3)18-10(2)17-13/h4-9H,15H2,1-3H3,(H,16,17,18). The predicted octanol–water partition coefficient (Wildman–Crippen LogP) is 2.55. The zero-order chi connectivity index (χ0) is 13.8. The molecule has 100 valence electrons. The first-order valence-electron chi connectivity index (χ1n) is 6.11. The van der Waals surface area contributed by atoms with E-state index in [1.54, 1.807) is 14.0 Å². The molecule has 0 fully saturated rings. The van der Waals surface area contributed by atoms with Gasteiger partial charge in [0.15, 0.2) is 5.82 Å². The fraction of sp³-hybridized carbons (Fsp3) is 0.286. The van der Waals surface area contributed by atoms with Crippen LogP contribution in [0.1, 0.15) is 24.4 Å². The van der Waals surface area contributed by atoms with Crippen LogP contribution in [0.15, 0.2) is 30.3 Å². The van der Waals surface area contributed by atoms with Crippen LogP contribution in [0.2, 0.25) is 0 Å². The number of nitrogens with one attached hydrogen (secondary N) is 1. The summed E-state index contributed by atoms with van der Waals surface area (Å²) in [6, 6.07) is 10.2. The summed E-state index contributed by atoms with van der Waals surface area (Å²) in [5.41, 5.74) is 7.57. The molecule has 0 aliphatic heterocycles. The quantitative estimate of drug-likeness (QED) is 0.881. The Labute approximate surface area is 112 Å². The van der Waals surface area contributed by atoms with Gasteiger partial charge in [-0.05, 0) is 19.4 Å². The fourth-order valence-corrected chi connectivity index (χ4v) is 1.85. The number of aromatic nitrogens is 2. The number of ether oxygens (including phenoxy) is 1. The van der Waals surface area contributed by atoms with Crippen molar-refractivity contribution in [2.24, 2.45) is 0 Å². The van der Waals surface area contributed by atoms with E-state index < -0.39 is 0 Å². The molecule has 1 aromatic heterocycles. The molecule has 3 N–H and O–H groups in total. The molecular weight excluding hydrogens is 240 g/mol. The normalized spacial score (nSPS) is 11.9. The van der Waals surface area contributed by atoms with E-state index in [9.17, 15) is 0 Å². The van der Waals surface area contributed by atoms with Gasteiger partial charge in [0, 0.05) is 0 Å². The van der Waals surface area contributed by atoms with Crippen LogP contribution in [0.5, 0.6) is 5.88 Å². The third-order valence-electron chi connectivity index (χ3n) is 2.87. The maximum atomic E-state index is 5.98. The zero-order valence-electron chi connectivity index (χ0n) is 11.3. The van der Waals surface area contributed by atoms with E-state index in [4.69, 9.17) is 10.5 Å². The van der Waals surface area contributed by atoms with Crippen molar-refractivity contribution in [2.75, 3.05) is 18.2 Å². The summed E-state index contributed by atoms with van der Waals surface area (Å²) >= 11 is 0. The maximum Gasteiger partial charge on any atom is 0.242 e. The SMILES string of the molecule is COc1nc(C)nc(NC(C)c2ccccc2)c1N.